The summed E-state index contributed by atoms with van der Waals surface area (Å²) in [6, 6.07) is 10.6. The quantitative estimate of drug-likeness (QED) is 0.914. The first kappa shape index (κ1) is 16.8. The average molecular weight is 339 g/mol. The van der Waals surface area contributed by atoms with Gasteiger partial charge in [0.2, 0.25) is 0 Å². The summed E-state index contributed by atoms with van der Waals surface area (Å²) in [5, 5.41) is 4.94. The van der Waals surface area contributed by atoms with Crippen LogP contribution in [0.25, 0.3) is 10.9 Å². The van der Waals surface area contributed by atoms with Crippen LogP contribution in [0.3, 0.4) is 0 Å². The Bertz CT molecular complexity index is 718. The summed E-state index contributed by atoms with van der Waals surface area (Å²) in [6.07, 6.45) is 6.62. The molecule has 0 unspecified atom stereocenters. The number of benzene rings is 1. The van der Waals surface area contributed by atoms with Crippen LogP contribution in [0.4, 0.5) is 5.82 Å². The topological polar surface area (TPSA) is 37.4 Å². The third kappa shape index (κ3) is 3.51. The highest BCUT2D eigenvalue weighted by molar-refractivity contribution is 5.83. The number of morpholine rings is 1. The third-order valence-corrected chi connectivity index (χ3v) is 5.99. The lowest BCUT2D eigenvalue weighted by atomic mass is 9.79. The number of aryl methyl sites for hydroxylation is 1. The Morgan fingerprint density at radius 2 is 1.88 bits per heavy atom. The molecular weight excluding hydrogens is 310 g/mol. The fraction of sp³-hybridized carbons (Fsp3) is 0.571. The number of pyridine rings is 1. The van der Waals surface area contributed by atoms with Gasteiger partial charge in [-0.1, -0.05) is 37.5 Å². The van der Waals surface area contributed by atoms with Crippen LogP contribution in [-0.4, -0.2) is 48.3 Å². The molecule has 134 valence electrons. The predicted molar refractivity (Wildman–Crippen MR) is 103 cm³/mol. The van der Waals surface area contributed by atoms with Gasteiger partial charge in [0.15, 0.2) is 0 Å². The second kappa shape index (κ2) is 7.30. The van der Waals surface area contributed by atoms with E-state index in [0.717, 1.165) is 44.2 Å². The van der Waals surface area contributed by atoms with Crippen molar-refractivity contribution in [1.82, 2.24) is 9.88 Å². The number of fused-ring (bicyclic) bond motifs is 1. The first-order valence-corrected chi connectivity index (χ1v) is 9.70. The zero-order valence-corrected chi connectivity index (χ0v) is 15.3. The van der Waals surface area contributed by atoms with Gasteiger partial charge in [-0.3, -0.25) is 4.90 Å². The minimum Gasteiger partial charge on any atom is -0.379 e. The van der Waals surface area contributed by atoms with Crippen LogP contribution >= 0.6 is 0 Å². The van der Waals surface area contributed by atoms with Gasteiger partial charge in [-0.25, -0.2) is 4.98 Å². The van der Waals surface area contributed by atoms with Crippen molar-refractivity contribution in [1.29, 1.82) is 0 Å². The highest BCUT2D eigenvalue weighted by Crippen LogP contribution is 2.34. The Balaban J connectivity index is 1.54. The van der Waals surface area contributed by atoms with Gasteiger partial charge in [-0.05, 0) is 37.5 Å². The van der Waals surface area contributed by atoms with Crippen molar-refractivity contribution >= 4 is 16.7 Å². The van der Waals surface area contributed by atoms with E-state index in [0.29, 0.717) is 0 Å². The summed E-state index contributed by atoms with van der Waals surface area (Å²) in [7, 11) is 0. The third-order valence-electron chi connectivity index (χ3n) is 5.99. The molecule has 4 heteroatoms. The number of nitrogens with zero attached hydrogens (tertiary/aromatic N) is 2. The molecule has 0 atom stereocenters. The molecule has 2 heterocycles. The normalized spacial score (nSPS) is 21.3. The summed E-state index contributed by atoms with van der Waals surface area (Å²) < 4.78 is 5.59. The molecule has 0 spiro atoms. The SMILES string of the molecule is Cc1cc(NCC2(N3CCOCC3)CCCCC2)nc2ccccc12. The van der Waals surface area contributed by atoms with Crippen molar-refractivity contribution in [3.8, 4) is 0 Å². The van der Waals surface area contributed by atoms with Crippen molar-refractivity contribution in [2.45, 2.75) is 44.6 Å². The lowest BCUT2D eigenvalue weighted by Crippen LogP contribution is -2.58. The Hall–Kier alpha value is -1.65. The van der Waals surface area contributed by atoms with Crippen LogP contribution in [-0.2, 0) is 4.74 Å². The zero-order chi connectivity index (χ0) is 17.1. The smallest absolute Gasteiger partial charge is 0.126 e. The van der Waals surface area contributed by atoms with Crippen LogP contribution in [0.5, 0.6) is 0 Å². The van der Waals surface area contributed by atoms with Gasteiger partial charge in [0.05, 0.1) is 18.7 Å². The van der Waals surface area contributed by atoms with E-state index in [4.69, 9.17) is 9.72 Å². The molecule has 1 N–H and O–H groups in total. The zero-order valence-electron chi connectivity index (χ0n) is 15.3. The van der Waals surface area contributed by atoms with Crippen LogP contribution in [0, 0.1) is 6.92 Å². The van der Waals surface area contributed by atoms with Gasteiger partial charge in [0.1, 0.15) is 5.82 Å². The molecule has 1 saturated heterocycles. The molecule has 0 amide bonds. The summed E-state index contributed by atoms with van der Waals surface area (Å²) in [5.74, 6) is 1.01. The molecule has 1 saturated carbocycles. The van der Waals surface area contributed by atoms with Gasteiger partial charge in [0, 0.05) is 30.6 Å². The maximum Gasteiger partial charge on any atom is 0.126 e. The molecule has 1 aromatic carbocycles. The van der Waals surface area contributed by atoms with E-state index in [-0.39, 0.29) is 5.54 Å². The van der Waals surface area contributed by atoms with Gasteiger partial charge in [-0.2, -0.15) is 0 Å². The summed E-state index contributed by atoms with van der Waals surface area (Å²) in [6.45, 7) is 7.02. The number of anilines is 1. The molecule has 1 aliphatic carbocycles. The first-order chi connectivity index (χ1) is 12.3. The molecule has 4 rings (SSSR count). The number of hydrogen-bond donors (Lipinski definition) is 1. The van der Waals surface area contributed by atoms with Crippen LogP contribution < -0.4 is 5.32 Å². The van der Waals surface area contributed by atoms with Crippen LogP contribution in [0.2, 0.25) is 0 Å². The second-order valence-corrected chi connectivity index (χ2v) is 7.58. The molecule has 0 radical (unpaired) electrons. The van der Waals surface area contributed by atoms with Crippen LogP contribution in [0.1, 0.15) is 37.7 Å². The van der Waals surface area contributed by atoms with E-state index < -0.39 is 0 Å². The number of hydrogen-bond acceptors (Lipinski definition) is 4. The number of para-hydroxylation sites is 1. The van der Waals surface area contributed by atoms with Crippen molar-refractivity contribution in [2.24, 2.45) is 0 Å². The maximum absolute atomic E-state index is 5.59. The van der Waals surface area contributed by atoms with E-state index in [1.54, 1.807) is 0 Å². The first-order valence-electron chi connectivity index (χ1n) is 9.70. The highest BCUT2D eigenvalue weighted by atomic mass is 16.5. The van der Waals surface area contributed by atoms with Gasteiger partial charge >= 0.3 is 0 Å². The summed E-state index contributed by atoms with van der Waals surface area (Å²) in [5.41, 5.74) is 2.63. The Morgan fingerprint density at radius 3 is 2.68 bits per heavy atom. The highest BCUT2D eigenvalue weighted by Gasteiger charge is 2.38. The minimum atomic E-state index is 0.267. The number of nitrogens with one attached hydrogen (secondary N) is 1. The second-order valence-electron chi connectivity index (χ2n) is 7.58. The van der Waals surface area contributed by atoms with E-state index >= 15 is 0 Å². The molecule has 4 nitrogen and oxygen atoms in total. The number of ether oxygens (including phenoxy) is 1. The molecule has 2 aromatic rings. The lowest BCUT2D eigenvalue weighted by Gasteiger charge is -2.48. The van der Waals surface area contributed by atoms with E-state index in [2.05, 4.69) is 47.5 Å². The molecule has 2 fully saturated rings. The molecule has 0 bridgehead atoms. The van der Waals surface area contributed by atoms with Crippen molar-refractivity contribution in [3.05, 3.63) is 35.9 Å². The van der Waals surface area contributed by atoms with Crippen molar-refractivity contribution in [3.63, 3.8) is 0 Å². The summed E-state index contributed by atoms with van der Waals surface area (Å²) in [4.78, 5) is 7.52. The van der Waals surface area contributed by atoms with E-state index in [9.17, 15) is 0 Å². The maximum atomic E-state index is 5.59. The Kier molecular flexibility index (Phi) is 4.91. The number of aromatic nitrogens is 1. The molecular formula is C21H29N3O. The fourth-order valence-electron chi connectivity index (χ4n) is 4.55. The van der Waals surface area contributed by atoms with Crippen molar-refractivity contribution < 1.29 is 4.74 Å². The Morgan fingerprint density at radius 1 is 1.12 bits per heavy atom. The molecule has 2 aliphatic rings. The van der Waals surface area contributed by atoms with E-state index in [1.807, 2.05) is 0 Å². The molecule has 25 heavy (non-hydrogen) atoms. The predicted octanol–water partition coefficient (Wildman–Crippen LogP) is 3.99. The minimum absolute atomic E-state index is 0.267. The largest absolute Gasteiger partial charge is 0.379 e. The standard InChI is InChI=1S/C21H29N3O/c1-17-15-20(23-19-8-4-3-7-18(17)19)22-16-21(9-5-2-6-10-21)24-11-13-25-14-12-24/h3-4,7-8,15H,2,5-6,9-14,16H2,1H3,(H,22,23). The monoisotopic (exact) mass is 339 g/mol. The summed E-state index contributed by atoms with van der Waals surface area (Å²) >= 11 is 0. The van der Waals surface area contributed by atoms with Crippen LogP contribution in [0.15, 0.2) is 30.3 Å². The number of rotatable bonds is 4. The van der Waals surface area contributed by atoms with Gasteiger partial charge < -0.3 is 10.1 Å². The lowest BCUT2D eigenvalue weighted by molar-refractivity contribution is -0.0318. The fourth-order valence-corrected chi connectivity index (χ4v) is 4.55. The Labute approximate surface area is 150 Å². The molecule has 1 aromatic heterocycles. The van der Waals surface area contributed by atoms with Gasteiger partial charge in [0.25, 0.3) is 0 Å². The van der Waals surface area contributed by atoms with Gasteiger partial charge in [-0.15, -0.1) is 0 Å². The van der Waals surface area contributed by atoms with Crippen molar-refractivity contribution in [2.75, 3.05) is 38.2 Å². The molecule has 1 aliphatic heterocycles. The average Bonchev–Trinajstić information content (AvgIpc) is 2.68. The van der Waals surface area contributed by atoms with E-state index in [1.165, 1.54) is 43.1 Å².